The summed E-state index contributed by atoms with van der Waals surface area (Å²) in [7, 11) is 3.76. The number of halogens is 1. The minimum Gasteiger partial charge on any atom is -0.469 e. The summed E-state index contributed by atoms with van der Waals surface area (Å²) in [6.45, 7) is 2.80. The fourth-order valence-electron chi connectivity index (χ4n) is 3.06. The number of aromatic nitrogens is 1. The number of nitrogens with one attached hydrogen (secondary N) is 1. The Kier molecular flexibility index (Phi) is 9.57. The van der Waals surface area contributed by atoms with Crippen molar-refractivity contribution in [1.29, 1.82) is 0 Å². The van der Waals surface area contributed by atoms with Crippen molar-refractivity contribution < 1.29 is 9.15 Å². The first-order valence-electron chi connectivity index (χ1n) is 9.24. The molecule has 0 saturated carbocycles. The number of nitrogens with zero attached hydrogens (tertiary/aromatic N) is 3. The molecule has 8 heteroatoms. The van der Waals surface area contributed by atoms with Crippen LogP contribution >= 0.6 is 35.3 Å². The summed E-state index contributed by atoms with van der Waals surface area (Å²) in [5, 5.41) is 4.61. The molecule has 0 bridgehead atoms. The molecular formula is C19H29IN4O2S. The number of methoxy groups -OCH3 is 1. The second-order valence-corrected chi connectivity index (χ2v) is 7.66. The van der Waals surface area contributed by atoms with Crippen LogP contribution in [0.3, 0.4) is 0 Å². The molecule has 1 aliphatic carbocycles. The Morgan fingerprint density at radius 3 is 3.00 bits per heavy atom. The minimum atomic E-state index is 0. The number of rotatable bonds is 8. The highest BCUT2D eigenvalue weighted by molar-refractivity contribution is 14.0. The lowest BCUT2D eigenvalue weighted by Gasteiger charge is -2.21. The van der Waals surface area contributed by atoms with Crippen molar-refractivity contribution >= 4 is 41.3 Å². The first-order chi connectivity index (χ1) is 12.8. The maximum absolute atomic E-state index is 5.39. The zero-order valence-corrected chi connectivity index (χ0v) is 19.2. The number of hydrogen-bond acceptors (Lipinski definition) is 5. The maximum atomic E-state index is 5.39. The van der Waals surface area contributed by atoms with Gasteiger partial charge in [0.05, 0.1) is 31.7 Å². The van der Waals surface area contributed by atoms with E-state index in [1.807, 2.05) is 23.5 Å². The molecule has 27 heavy (non-hydrogen) atoms. The number of thiazole rings is 1. The van der Waals surface area contributed by atoms with Gasteiger partial charge in [0.2, 0.25) is 0 Å². The van der Waals surface area contributed by atoms with Crippen LogP contribution in [0.1, 0.15) is 34.2 Å². The Morgan fingerprint density at radius 1 is 1.41 bits per heavy atom. The molecule has 0 amide bonds. The Morgan fingerprint density at radius 2 is 2.26 bits per heavy atom. The van der Waals surface area contributed by atoms with Gasteiger partial charge in [0.1, 0.15) is 10.8 Å². The summed E-state index contributed by atoms with van der Waals surface area (Å²) in [5.41, 5.74) is 1.31. The predicted octanol–water partition coefficient (Wildman–Crippen LogP) is 3.50. The van der Waals surface area contributed by atoms with Crippen LogP contribution in [0.15, 0.2) is 27.8 Å². The van der Waals surface area contributed by atoms with E-state index in [9.17, 15) is 0 Å². The van der Waals surface area contributed by atoms with Crippen molar-refractivity contribution in [3.8, 4) is 0 Å². The van der Waals surface area contributed by atoms with Crippen LogP contribution in [0.25, 0.3) is 0 Å². The van der Waals surface area contributed by atoms with Crippen LogP contribution in [0, 0.1) is 0 Å². The van der Waals surface area contributed by atoms with E-state index in [-0.39, 0.29) is 24.0 Å². The third-order valence-electron chi connectivity index (χ3n) is 4.42. The SMILES string of the molecule is COCCN=C(NCCc1ccco1)N(C)Cc1nc2c(s1)CCCC2.I. The molecule has 0 saturated heterocycles. The van der Waals surface area contributed by atoms with Crippen LogP contribution in [-0.2, 0) is 30.5 Å². The van der Waals surface area contributed by atoms with E-state index in [1.54, 1.807) is 13.4 Å². The number of aliphatic imine (C=N–C) groups is 1. The van der Waals surface area contributed by atoms with E-state index >= 15 is 0 Å². The molecule has 0 atom stereocenters. The highest BCUT2D eigenvalue weighted by atomic mass is 127. The number of guanidine groups is 1. The highest BCUT2D eigenvalue weighted by Gasteiger charge is 2.17. The normalized spacial score (nSPS) is 13.8. The van der Waals surface area contributed by atoms with Crippen LogP contribution in [0.4, 0.5) is 0 Å². The second kappa shape index (κ2) is 11.7. The monoisotopic (exact) mass is 504 g/mol. The van der Waals surface area contributed by atoms with Crippen molar-refractivity contribution in [2.24, 2.45) is 4.99 Å². The largest absolute Gasteiger partial charge is 0.469 e. The van der Waals surface area contributed by atoms with Gasteiger partial charge < -0.3 is 19.4 Å². The molecule has 2 aromatic rings. The van der Waals surface area contributed by atoms with Crippen molar-refractivity contribution in [2.45, 2.75) is 38.6 Å². The Hall–Kier alpha value is -1.13. The van der Waals surface area contributed by atoms with E-state index in [0.717, 1.165) is 37.7 Å². The van der Waals surface area contributed by atoms with Crippen molar-refractivity contribution in [2.75, 3.05) is 33.9 Å². The summed E-state index contributed by atoms with van der Waals surface area (Å²) in [5.74, 6) is 1.85. The van der Waals surface area contributed by atoms with E-state index in [2.05, 4.69) is 22.3 Å². The van der Waals surface area contributed by atoms with Gasteiger partial charge in [-0.2, -0.15) is 0 Å². The summed E-state index contributed by atoms with van der Waals surface area (Å²) in [4.78, 5) is 13.1. The standard InChI is InChI=1S/C19H28N4O2S.HI/c1-23(14-18-22-16-7-3-4-8-17(16)26-18)19(21-11-13-24-2)20-10-9-15-6-5-12-25-15;/h5-6,12H,3-4,7-11,13-14H2,1-2H3,(H,20,21);1H. The number of furan rings is 1. The predicted molar refractivity (Wildman–Crippen MR) is 120 cm³/mol. The van der Waals surface area contributed by atoms with Gasteiger partial charge >= 0.3 is 0 Å². The Labute approximate surface area is 182 Å². The van der Waals surface area contributed by atoms with Gasteiger partial charge in [-0.05, 0) is 37.8 Å². The molecule has 2 heterocycles. The van der Waals surface area contributed by atoms with E-state index < -0.39 is 0 Å². The van der Waals surface area contributed by atoms with Gasteiger partial charge in [-0.1, -0.05) is 0 Å². The minimum absolute atomic E-state index is 0. The maximum Gasteiger partial charge on any atom is 0.194 e. The highest BCUT2D eigenvalue weighted by Crippen LogP contribution is 2.27. The van der Waals surface area contributed by atoms with Crippen LogP contribution in [0.2, 0.25) is 0 Å². The van der Waals surface area contributed by atoms with Crippen LogP contribution in [-0.4, -0.2) is 49.7 Å². The van der Waals surface area contributed by atoms with E-state index in [0.29, 0.717) is 13.2 Å². The molecule has 0 fully saturated rings. The van der Waals surface area contributed by atoms with Gasteiger partial charge in [0.15, 0.2) is 5.96 Å². The quantitative estimate of drug-likeness (QED) is 0.258. The lowest BCUT2D eigenvalue weighted by Crippen LogP contribution is -2.39. The van der Waals surface area contributed by atoms with Gasteiger partial charge in [0.25, 0.3) is 0 Å². The third-order valence-corrected chi connectivity index (χ3v) is 5.56. The first kappa shape index (κ1) is 22.2. The molecular weight excluding hydrogens is 475 g/mol. The van der Waals surface area contributed by atoms with Crippen LogP contribution in [0.5, 0.6) is 0 Å². The molecule has 0 radical (unpaired) electrons. The molecule has 150 valence electrons. The van der Waals surface area contributed by atoms with Gasteiger partial charge in [-0.15, -0.1) is 35.3 Å². The van der Waals surface area contributed by atoms with E-state index in [4.69, 9.17) is 14.1 Å². The lowest BCUT2D eigenvalue weighted by molar-refractivity contribution is 0.207. The zero-order chi connectivity index (χ0) is 18.2. The molecule has 2 aromatic heterocycles. The number of fused-ring (bicyclic) bond motifs is 1. The topological polar surface area (TPSA) is 62.9 Å². The lowest BCUT2D eigenvalue weighted by atomic mass is 10.0. The Bertz CT molecular complexity index is 679. The van der Waals surface area contributed by atoms with Gasteiger partial charge in [-0.3, -0.25) is 4.99 Å². The third kappa shape index (κ3) is 6.76. The smallest absolute Gasteiger partial charge is 0.194 e. The summed E-state index contributed by atoms with van der Waals surface area (Å²) in [6, 6.07) is 3.91. The van der Waals surface area contributed by atoms with Gasteiger partial charge in [-0.25, -0.2) is 4.98 Å². The summed E-state index contributed by atoms with van der Waals surface area (Å²) in [6.07, 6.45) is 7.42. The molecule has 1 N–H and O–H groups in total. The fourth-order valence-corrected chi connectivity index (χ4v) is 4.27. The Balaban J connectivity index is 0.00000261. The molecule has 1 aliphatic rings. The van der Waals surface area contributed by atoms with Crippen molar-refractivity contribution in [3.05, 3.63) is 39.7 Å². The van der Waals surface area contributed by atoms with Crippen molar-refractivity contribution in [1.82, 2.24) is 15.2 Å². The summed E-state index contributed by atoms with van der Waals surface area (Å²) < 4.78 is 10.5. The fraction of sp³-hybridized carbons (Fsp3) is 0.579. The molecule has 6 nitrogen and oxygen atoms in total. The van der Waals surface area contributed by atoms with E-state index in [1.165, 1.54) is 34.8 Å². The number of aryl methyl sites for hydroxylation is 2. The molecule has 0 aromatic carbocycles. The number of hydrogen-bond donors (Lipinski definition) is 1. The first-order valence-corrected chi connectivity index (χ1v) is 10.1. The van der Waals surface area contributed by atoms with Crippen molar-refractivity contribution in [3.63, 3.8) is 0 Å². The molecule has 0 spiro atoms. The van der Waals surface area contributed by atoms with Gasteiger partial charge in [0, 0.05) is 32.0 Å². The average Bonchev–Trinajstić information content (AvgIpc) is 3.29. The summed E-state index contributed by atoms with van der Waals surface area (Å²) >= 11 is 1.86. The zero-order valence-electron chi connectivity index (χ0n) is 16.1. The second-order valence-electron chi connectivity index (χ2n) is 6.49. The molecule has 3 rings (SSSR count). The average molecular weight is 504 g/mol. The molecule has 0 aliphatic heterocycles. The number of ether oxygens (including phenoxy) is 1. The van der Waals surface area contributed by atoms with Crippen LogP contribution < -0.4 is 5.32 Å². The molecule has 0 unspecified atom stereocenters.